The molecule has 0 bridgehead atoms. The Morgan fingerprint density at radius 2 is 1.49 bits per heavy atom. The van der Waals surface area contributed by atoms with E-state index in [0.717, 1.165) is 21.7 Å². The van der Waals surface area contributed by atoms with Gasteiger partial charge in [0.1, 0.15) is 12.6 Å². The van der Waals surface area contributed by atoms with Crippen molar-refractivity contribution in [1.82, 2.24) is 10.2 Å². The van der Waals surface area contributed by atoms with E-state index in [1.807, 2.05) is 51.1 Å². The Morgan fingerprint density at radius 3 is 2.05 bits per heavy atom. The third kappa shape index (κ3) is 8.83. The van der Waals surface area contributed by atoms with Crippen LogP contribution in [0.5, 0.6) is 0 Å². The highest BCUT2D eigenvalue weighted by atomic mass is 35.5. The number of anilines is 1. The number of sulfonamides is 1. The number of nitrogens with zero attached hydrogens (tertiary/aromatic N) is 2. The molecule has 0 radical (unpaired) electrons. The van der Waals surface area contributed by atoms with Crippen molar-refractivity contribution in [3.8, 4) is 0 Å². The van der Waals surface area contributed by atoms with E-state index in [1.165, 1.54) is 4.90 Å². The van der Waals surface area contributed by atoms with E-state index in [4.69, 9.17) is 11.6 Å². The summed E-state index contributed by atoms with van der Waals surface area (Å²) in [7, 11) is -3.81. The van der Waals surface area contributed by atoms with Crippen LogP contribution in [0.4, 0.5) is 5.69 Å². The Balaban J connectivity index is 2.08. The quantitative estimate of drug-likeness (QED) is 0.373. The van der Waals surface area contributed by atoms with Crippen LogP contribution in [0.1, 0.15) is 37.5 Å². The number of halogens is 1. The van der Waals surface area contributed by atoms with E-state index in [9.17, 15) is 18.0 Å². The second kappa shape index (κ2) is 12.7. The normalized spacial score (nSPS) is 12.5. The molecule has 2 amide bonds. The lowest BCUT2D eigenvalue weighted by atomic mass is 10.0. The molecular weight excluding hydrogens is 534 g/mol. The van der Waals surface area contributed by atoms with Crippen molar-refractivity contribution in [2.45, 2.75) is 52.2 Å². The summed E-state index contributed by atoms with van der Waals surface area (Å²) in [6.45, 7) is 7.05. The van der Waals surface area contributed by atoms with Gasteiger partial charge in [0.15, 0.2) is 0 Å². The second-order valence-corrected chi connectivity index (χ2v) is 13.0. The standard InChI is InChI=1S/C30H36ClN3O4S/c1-22-11-9-10-14-26(22)34(39(5,37)38)21-28(35)33(20-24-15-17-25(31)18-16-24)27(29(36)32-30(2,3)4)19-23-12-7-6-8-13-23/h6-18,27H,19-21H2,1-5H3,(H,32,36). The van der Waals surface area contributed by atoms with Crippen LogP contribution in [0.15, 0.2) is 78.9 Å². The van der Waals surface area contributed by atoms with E-state index in [-0.39, 0.29) is 18.9 Å². The fourth-order valence-corrected chi connectivity index (χ4v) is 5.26. The molecule has 0 spiro atoms. The first-order chi connectivity index (χ1) is 18.2. The molecule has 1 N–H and O–H groups in total. The summed E-state index contributed by atoms with van der Waals surface area (Å²) >= 11 is 6.09. The van der Waals surface area contributed by atoms with Gasteiger partial charge in [-0.2, -0.15) is 0 Å². The van der Waals surface area contributed by atoms with E-state index >= 15 is 0 Å². The molecule has 3 aromatic rings. The first-order valence-corrected chi connectivity index (χ1v) is 14.9. The summed E-state index contributed by atoms with van der Waals surface area (Å²) in [6.07, 6.45) is 1.33. The monoisotopic (exact) mass is 569 g/mol. The molecule has 1 atom stereocenters. The molecule has 39 heavy (non-hydrogen) atoms. The van der Waals surface area contributed by atoms with Crippen LogP contribution in [0.3, 0.4) is 0 Å². The minimum Gasteiger partial charge on any atom is -0.350 e. The molecule has 3 aromatic carbocycles. The molecule has 9 heteroatoms. The van der Waals surface area contributed by atoms with Gasteiger partial charge in [-0.25, -0.2) is 8.42 Å². The maximum Gasteiger partial charge on any atom is 0.244 e. The molecule has 0 aliphatic carbocycles. The average Bonchev–Trinajstić information content (AvgIpc) is 2.85. The maximum absolute atomic E-state index is 14.1. The van der Waals surface area contributed by atoms with Crippen molar-refractivity contribution in [1.29, 1.82) is 0 Å². The van der Waals surface area contributed by atoms with E-state index < -0.39 is 34.1 Å². The number of carbonyl (C=O) groups excluding carboxylic acids is 2. The Morgan fingerprint density at radius 1 is 0.897 bits per heavy atom. The summed E-state index contributed by atoms with van der Waals surface area (Å²) in [5, 5.41) is 3.56. The molecule has 0 saturated carbocycles. The van der Waals surface area contributed by atoms with Crippen molar-refractivity contribution in [3.63, 3.8) is 0 Å². The van der Waals surface area contributed by atoms with Gasteiger partial charge in [0.05, 0.1) is 11.9 Å². The Labute approximate surface area is 236 Å². The summed E-state index contributed by atoms with van der Waals surface area (Å²) in [5.41, 5.74) is 2.22. The fourth-order valence-electron chi connectivity index (χ4n) is 4.23. The maximum atomic E-state index is 14.1. The lowest BCUT2D eigenvalue weighted by molar-refractivity contribution is -0.140. The molecule has 7 nitrogen and oxygen atoms in total. The van der Waals surface area contributed by atoms with Gasteiger partial charge in [-0.1, -0.05) is 72.3 Å². The third-order valence-electron chi connectivity index (χ3n) is 6.10. The molecule has 0 aliphatic rings. The number of nitrogens with one attached hydrogen (secondary N) is 1. The summed E-state index contributed by atoms with van der Waals surface area (Å²) in [6, 6.07) is 22.6. The van der Waals surface area contributed by atoms with E-state index in [2.05, 4.69) is 5.32 Å². The van der Waals surface area contributed by atoms with Gasteiger partial charge in [0, 0.05) is 23.5 Å². The zero-order valence-corrected chi connectivity index (χ0v) is 24.6. The zero-order chi connectivity index (χ0) is 28.8. The number of benzene rings is 3. The predicted molar refractivity (Wildman–Crippen MR) is 157 cm³/mol. The summed E-state index contributed by atoms with van der Waals surface area (Å²) < 4.78 is 26.9. The van der Waals surface area contributed by atoms with Gasteiger partial charge < -0.3 is 10.2 Å². The summed E-state index contributed by atoms with van der Waals surface area (Å²) in [4.78, 5) is 29.2. The summed E-state index contributed by atoms with van der Waals surface area (Å²) in [5.74, 6) is -0.820. The van der Waals surface area contributed by atoms with Crippen LogP contribution in [-0.4, -0.2) is 49.5 Å². The van der Waals surface area contributed by atoms with Gasteiger partial charge in [-0.3, -0.25) is 13.9 Å². The highest BCUT2D eigenvalue weighted by Crippen LogP contribution is 2.24. The Bertz CT molecular complexity index is 1390. The lowest BCUT2D eigenvalue weighted by Crippen LogP contribution is -2.56. The Hall–Kier alpha value is -3.36. The van der Waals surface area contributed by atoms with Crippen LogP contribution in [-0.2, 0) is 32.6 Å². The van der Waals surface area contributed by atoms with E-state index in [0.29, 0.717) is 16.3 Å². The first-order valence-electron chi connectivity index (χ1n) is 12.7. The highest BCUT2D eigenvalue weighted by Gasteiger charge is 2.34. The van der Waals surface area contributed by atoms with Crippen molar-refractivity contribution < 1.29 is 18.0 Å². The van der Waals surface area contributed by atoms with Crippen molar-refractivity contribution in [2.24, 2.45) is 0 Å². The van der Waals surface area contributed by atoms with Crippen LogP contribution in [0, 0.1) is 6.92 Å². The fraction of sp³-hybridized carbons (Fsp3) is 0.333. The number of hydrogen-bond acceptors (Lipinski definition) is 4. The second-order valence-electron chi connectivity index (χ2n) is 10.6. The van der Waals surface area contributed by atoms with Crippen molar-refractivity contribution >= 4 is 39.1 Å². The van der Waals surface area contributed by atoms with Gasteiger partial charge >= 0.3 is 0 Å². The third-order valence-corrected chi connectivity index (χ3v) is 7.48. The van der Waals surface area contributed by atoms with Gasteiger partial charge in [-0.05, 0) is 62.6 Å². The number of para-hydroxylation sites is 1. The Kier molecular flexibility index (Phi) is 9.80. The topological polar surface area (TPSA) is 86.8 Å². The molecular formula is C30H36ClN3O4S. The van der Waals surface area contributed by atoms with Gasteiger partial charge in [0.25, 0.3) is 0 Å². The largest absolute Gasteiger partial charge is 0.350 e. The molecule has 0 saturated heterocycles. The number of amides is 2. The number of rotatable bonds is 10. The van der Waals surface area contributed by atoms with Crippen LogP contribution < -0.4 is 9.62 Å². The molecule has 0 aromatic heterocycles. The number of hydrogen-bond donors (Lipinski definition) is 1. The molecule has 0 heterocycles. The van der Waals surface area contributed by atoms with Gasteiger partial charge in [-0.15, -0.1) is 0 Å². The van der Waals surface area contributed by atoms with Crippen LogP contribution >= 0.6 is 11.6 Å². The first kappa shape index (κ1) is 30.2. The van der Waals surface area contributed by atoms with Crippen LogP contribution in [0.2, 0.25) is 5.02 Å². The molecule has 1 unspecified atom stereocenters. The minimum atomic E-state index is -3.81. The predicted octanol–water partition coefficient (Wildman–Crippen LogP) is 4.97. The van der Waals surface area contributed by atoms with Gasteiger partial charge in [0.2, 0.25) is 21.8 Å². The van der Waals surface area contributed by atoms with Crippen molar-refractivity contribution in [3.05, 3.63) is 101 Å². The number of carbonyl (C=O) groups is 2. The molecule has 3 rings (SSSR count). The minimum absolute atomic E-state index is 0.0937. The zero-order valence-electron chi connectivity index (χ0n) is 23.0. The SMILES string of the molecule is Cc1ccccc1N(CC(=O)N(Cc1ccc(Cl)cc1)C(Cc1ccccc1)C(=O)NC(C)(C)C)S(C)(=O)=O. The lowest BCUT2D eigenvalue weighted by Gasteiger charge is -2.35. The molecule has 0 fully saturated rings. The van der Waals surface area contributed by atoms with E-state index in [1.54, 1.807) is 55.5 Å². The molecule has 0 aliphatic heterocycles. The number of aryl methyl sites for hydroxylation is 1. The van der Waals surface area contributed by atoms with Crippen LogP contribution in [0.25, 0.3) is 0 Å². The van der Waals surface area contributed by atoms with Crippen molar-refractivity contribution in [2.75, 3.05) is 17.1 Å². The average molecular weight is 570 g/mol. The molecule has 208 valence electrons. The highest BCUT2D eigenvalue weighted by molar-refractivity contribution is 7.92. The smallest absolute Gasteiger partial charge is 0.244 e.